The molecule has 3 atom stereocenters. The molecule has 0 bridgehead atoms. The molecule has 1 aliphatic rings. The van der Waals surface area contributed by atoms with Crippen molar-refractivity contribution >= 4 is 5.91 Å². The molecule has 0 saturated carbocycles. The average molecular weight is 243 g/mol. The van der Waals surface area contributed by atoms with Gasteiger partial charge in [0.25, 0.3) is 5.91 Å². The third kappa shape index (κ3) is 3.66. The normalized spacial score (nSPS) is 27.8. The van der Waals surface area contributed by atoms with Gasteiger partial charge in [-0.25, -0.2) is 5.84 Å². The van der Waals surface area contributed by atoms with Crippen molar-refractivity contribution in [1.29, 1.82) is 0 Å². The van der Waals surface area contributed by atoms with Crippen molar-refractivity contribution in [2.45, 2.75) is 58.2 Å². The van der Waals surface area contributed by atoms with E-state index < -0.39 is 0 Å². The predicted molar refractivity (Wildman–Crippen MR) is 67.2 cm³/mol. The first kappa shape index (κ1) is 14.4. The lowest BCUT2D eigenvalue weighted by Crippen LogP contribution is -2.58. The number of morpholine rings is 1. The summed E-state index contributed by atoms with van der Waals surface area (Å²) in [6.45, 7) is 7.76. The van der Waals surface area contributed by atoms with E-state index in [0.29, 0.717) is 12.6 Å². The molecule has 0 aromatic carbocycles. The Morgan fingerprint density at radius 2 is 2.29 bits per heavy atom. The van der Waals surface area contributed by atoms with Crippen molar-refractivity contribution < 1.29 is 9.53 Å². The summed E-state index contributed by atoms with van der Waals surface area (Å²) in [4.78, 5) is 14.1. The van der Waals surface area contributed by atoms with Crippen molar-refractivity contribution in [3.05, 3.63) is 0 Å². The van der Waals surface area contributed by atoms with Crippen LogP contribution in [0.2, 0.25) is 0 Å². The van der Waals surface area contributed by atoms with E-state index in [9.17, 15) is 4.79 Å². The van der Waals surface area contributed by atoms with Crippen LogP contribution in [0, 0.1) is 0 Å². The molecule has 0 spiro atoms. The molecule has 1 rings (SSSR count). The molecular formula is C12H25N3O2. The maximum Gasteiger partial charge on any atom is 0.251 e. The van der Waals surface area contributed by atoms with Gasteiger partial charge in [0.1, 0.15) is 0 Å². The summed E-state index contributed by atoms with van der Waals surface area (Å²) < 4.78 is 5.65. The Morgan fingerprint density at radius 3 is 2.82 bits per heavy atom. The van der Waals surface area contributed by atoms with Crippen LogP contribution in [0.25, 0.3) is 0 Å². The molecule has 100 valence electrons. The maximum atomic E-state index is 11.9. The van der Waals surface area contributed by atoms with Crippen molar-refractivity contribution in [1.82, 2.24) is 10.3 Å². The highest BCUT2D eigenvalue weighted by Crippen LogP contribution is 2.20. The number of carbonyl (C=O) groups excluding carboxylic acids is 1. The number of nitrogens with two attached hydrogens (primary N) is 1. The van der Waals surface area contributed by atoms with Crippen LogP contribution in [0.3, 0.4) is 0 Å². The number of rotatable bonds is 5. The molecule has 5 nitrogen and oxygen atoms in total. The zero-order chi connectivity index (χ0) is 12.8. The van der Waals surface area contributed by atoms with Gasteiger partial charge in [-0.1, -0.05) is 20.3 Å². The van der Waals surface area contributed by atoms with Crippen LogP contribution in [-0.4, -0.2) is 42.1 Å². The van der Waals surface area contributed by atoms with Gasteiger partial charge >= 0.3 is 0 Å². The third-order valence-electron chi connectivity index (χ3n) is 3.39. The molecule has 0 aromatic heterocycles. The first-order valence-electron chi connectivity index (χ1n) is 6.51. The summed E-state index contributed by atoms with van der Waals surface area (Å²) in [6.07, 6.45) is 2.99. The van der Waals surface area contributed by atoms with E-state index in [0.717, 1.165) is 25.8 Å². The fourth-order valence-corrected chi connectivity index (χ4v) is 2.42. The second kappa shape index (κ2) is 6.93. The summed E-state index contributed by atoms with van der Waals surface area (Å²) in [7, 11) is 0. The predicted octanol–water partition coefficient (Wildman–Crippen LogP) is 0.644. The molecule has 1 fully saturated rings. The zero-order valence-corrected chi connectivity index (χ0v) is 11.1. The lowest BCUT2D eigenvalue weighted by Gasteiger charge is -2.42. The molecule has 0 aliphatic carbocycles. The molecule has 0 radical (unpaired) electrons. The quantitative estimate of drug-likeness (QED) is 0.422. The van der Waals surface area contributed by atoms with Crippen LogP contribution < -0.4 is 11.3 Å². The number of nitrogens with one attached hydrogen (secondary N) is 1. The lowest BCUT2D eigenvalue weighted by atomic mass is 10.0. The minimum absolute atomic E-state index is 0.0839. The molecule has 0 aromatic rings. The van der Waals surface area contributed by atoms with Gasteiger partial charge in [0.15, 0.2) is 0 Å². The summed E-state index contributed by atoms with van der Waals surface area (Å²) in [5.74, 6) is 5.19. The molecule has 1 saturated heterocycles. The van der Waals surface area contributed by atoms with Crippen molar-refractivity contribution in [3.8, 4) is 0 Å². The van der Waals surface area contributed by atoms with Crippen LogP contribution in [0.5, 0.6) is 0 Å². The molecule has 1 aliphatic heterocycles. The van der Waals surface area contributed by atoms with Gasteiger partial charge in [0, 0.05) is 12.6 Å². The third-order valence-corrected chi connectivity index (χ3v) is 3.39. The number of hydrazine groups is 1. The summed E-state index contributed by atoms with van der Waals surface area (Å²) in [5, 5.41) is 0. The van der Waals surface area contributed by atoms with E-state index in [-0.39, 0.29) is 18.1 Å². The molecular weight excluding hydrogens is 218 g/mol. The first-order chi connectivity index (χ1) is 8.13. The Kier molecular flexibility index (Phi) is 5.88. The van der Waals surface area contributed by atoms with E-state index >= 15 is 0 Å². The van der Waals surface area contributed by atoms with Crippen LogP contribution >= 0.6 is 0 Å². The van der Waals surface area contributed by atoms with E-state index in [4.69, 9.17) is 10.6 Å². The second-order valence-electron chi connectivity index (χ2n) is 4.72. The number of nitrogens with zero attached hydrogens (tertiary/aromatic N) is 1. The summed E-state index contributed by atoms with van der Waals surface area (Å²) in [5.41, 5.74) is 2.29. The molecule has 3 unspecified atom stereocenters. The van der Waals surface area contributed by atoms with E-state index in [1.165, 1.54) is 0 Å². The van der Waals surface area contributed by atoms with Crippen molar-refractivity contribution in [2.24, 2.45) is 5.84 Å². The standard InChI is InChI=1S/C12H25N3O2/c1-4-6-11(12(16)14-13)15-7-9(3)17-8-10(15)5-2/h9-11H,4-8,13H2,1-3H3,(H,14,16). The van der Waals surface area contributed by atoms with Gasteiger partial charge in [0.05, 0.1) is 18.8 Å². The van der Waals surface area contributed by atoms with Gasteiger partial charge in [-0.05, 0) is 19.8 Å². The number of amides is 1. The Hall–Kier alpha value is -0.650. The minimum atomic E-state index is -0.124. The van der Waals surface area contributed by atoms with Crippen molar-refractivity contribution in [3.63, 3.8) is 0 Å². The first-order valence-corrected chi connectivity index (χ1v) is 6.51. The highest BCUT2D eigenvalue weighted by molar-refractivity contribution is 5.81. The number of carbonyl (C=O) groups is 1. The van der Waals surface area contributed by atoms with Crippen LogP contribution in [0.4, 0.5) is 0 Å². The zero-order valence-electron chi connectivity index (χ0n) is 11.1. The smallest absolute Gasteiger partial charge is 0.251 e. The molecule has 1 amide bonds. The van der Waals surface area contributed by atoms with Gasteiger partial charge in [-0.3, -0.25) is 15.1 Å². The second-order valence-corrected chi connectivity index (χ2v) is 4.72. The SMILES string of the molecule is CCCC(C(=O)NN)N1CC(C)OCC1CC. The molecule has 17 heavy (non-hydrogen) atoms. The Labute approximate surface area is 104 Å². The van der Waals surface area contributed by atoms with Crippen LogP contribution in [0.1, 0.15) is 40.0 Å². The van der Waals surface area contributed by atoms with Crippen LogP contribution in [-0.2, 0) is 9.53 Å². The minimum Gasteiger partial charge on any atom is -0.376 e. The van der Waals surface area contributed by atoms with Gasteiger partial charge < -0.3 is 4.74 Å². The fourth-order valence-electron chi connectivity index (χ4n) is 2.42. The van der Waals surface area contributed by atoms with E-state index in [1.54, 1.807) is 0 Å². The summed E-state index contributed by atoms with van der Waals surface area (Å²) >= 11 is 0. The van der Waals surface area contributed by atoms with Gasteiger partial charge in [0.2, 0.25) is 0 Å². The maximum absolute atomic E-state index is 11.9. The number of ether oxygens (including phenoxy) is 1. The summed E-state index contributed by atoms with van der Waals surface area (Å²) in [6, 6.07) is 0.196. The Morgan fingerprint density at radius 1 is 1.59 bits per heavy atom. The highest BCUT2D eigenvalue weighted by atomic mass is 16.5. The van der Waals surface area contributed by atoms with Crippen molar-refractivity contribution in [2.75, 3.05) is 13.2 Å². The van der Waals surface area contributed by atoms with Gasteiger partial charge in [-0.15, -0.1) is 0 Å². The Balaban J connectivity index is 2.77. The topological polar surface area (TPSA) is 67.6 Å². The lowest BCUT2D eigenvalue weighted by molar-refractivity contribution is -0.134. The molecule has 5 heteroatoms. The monoisotopic (exact) mass is 243 g/mol. The van der Waals surface area contributed by atoms with Crippen LogP contribution in [0.15, 0.2) is 0 Å². The van der Waals surface area contributed by atoms with E-state index in [1.807, 2.05) is 6.92 Å². The number of hydrogen-bond donors (Lipinski definition) is 2. The average Bonchev–Trinajstić information content (AvgIpc) is 2.35. The molecule has 3 N–H and O–H groups in total. The Bertz CT molecular complexity index is 248. The largest absolute Gasteiger partial charge is 0.376 e. The fraction of sp³-hybridized carbons (Fsp3) is 0.917. The van der Waals surface area contributed by atoms with Gasteiger partial charge in [-0.2, -0.15) is 0 Å². The highest BCUT2D eigenvalue weighted by Gasteiger charge is 2.34. The number of hydrogen-bond acceptors (Lipinski definition) is 4. The molecule has 1 heterocycles. The van der Waals surface area contributed by atoms with E-state index in [2.05, 4.69) is 24.2 Å².